The zero-order valence-electron chi connectivity index (χ0n) is 30.8. The van der Waals surface area contributed by atoms with Crippen LogP contribution in [0.15, 0.2) is 0 Å². The van der Waals surface area contributed by atoms with Gasteiger partial charge in [-0.1, -0.05) is 0 Å². The van der Waals surface area contributed by atoms with Crippen LogP contribution in [0.5, 0.6) is 0 Å². The van der Waals surface area contributed by atoms with Crippen LogP contribution in [0.3, 0.4) is 0 Å². The van der Waals surface area contributed by atoms with Crippen LogP contribution in [0.1, 0.15) is 75.2 Å². The maximum atomic E-state index is 12.9. The van der Waals surface area contributed by atoms with Crippen molar-refractivity contribution in [3.63, 3.8) is 0 Å². The number of carbonyl (C=O) groups is 5. The number of carbonyl (C=O) groups excluding carboxylic acids is 4. The molecular weight excluding hydrogens is 624 g/mol. The molecule has 15 heteroatoms. The van der Waals surface area contributed by atoms with E-state index in [4.69, 9.17) is 19.9 Å². The summed E-state index contributed by atoms with van der Waals surface area (Å²) in [4.78, 5) is 71.0. The molecular formula is C33H62N6O9. The van der Waals surface area contributed by atoms with E-state index >= 15 is 0 Å². The molecule has 0 aromatic rings. The molecule has 1 unspecified atom stereocenters. The maximum absolute atomic E-state index is 12.9. The van der Waals surface area contributed by atoms with Gasteiger partial charge in [0.2, 0.25) is 5.91 Å². The number of hydrogen-bond acceptors (Lipinski definition) is 13. The van der Waals surface area contributed by atoms with Crippen molar-refractivity contribution in [1.29, 1.82) is 0 Å². The van der Waals surface area contributed by atoms with Crippen LogP contribution in [-0.2, 0) is 38.2 Å². The van der Waals surface area contributed by atoms with Crippen LogP contribution in [-0.4, -0.2) is 162 Å². The van der Waals surface area contributed by atoms with Gasteiger partial charge in [0, 0.05) is 71.9 Å². The summed E-state index contributed by atoms with van der Waals surface area (Å²) in [7, 11) is 0. The van der Waals surface area contributed by atoms with E-state index in [0.717, 1.165) is 0 Å². The quantitative estimate of drug-likeness (QED) is 0.180. The van der Waals surface area contributed by atoms with Crippen LogP contribution in [0.2, 0.25) is 0 Å². The summed E-state index contributed by atoms with van der Waals surface area (Å²) in [5.74, 6) is -2.60. The molecule has 0 aromatic carbocycles. The van der Waals surface area contributed by atoms with Gasteiger partial charge in [0.1, 0.15) is 22.8 Å². The molecule has 0 bridgehead atoms. The van der Waals surface area contributed by atoms with Gasteiger partial charge in [-0.25, -0.2) is 0 Å². The molecule has 1 rings (SSSR count). The van der Waals surface area contributed by atoms with Crippen molar-refractivity contribution in [2.24, 2.45) is 5.73 Å². The molecule has 0 aromatic heterocycles. The first-order chi connectivity index (χ1) is 22.1. The van der Waals surface area contributed by atoms with Gasteiger partial charge in [-0.05, 0) is 68.7 Å². The third-order valence-electron chi connectivity index (χ3n) is 7.03. The lowest BCUT2D eigenvalue weighted by Gasteiger charge is -2.36. The molecule has 278 valence electrons. The summed E-state index contributed by atoms with van der Waals surface area (Å²) in [6.45, 7) is 19.3. The van der Waals surface area contributed by atoms with Gasteiger partial charge in [0.15, 0.2) is 0 Å². The Kier molecular flexibility index (Phi) is 18.0. The third kappa shape index (κ3) is 20.5. The lowest BCUT2D eigenvalue weighted by molar-refractivity contribution is -0.158. The zero-order valence-corrected chi connectivity index (χ0v) is 30.8. The second-order valence-corrected chi connectivity index (χ2v) is 15.2. The maximum Gasteiger partial charge on any atom is 0.320 e. The Labute approximate surface area is 286 Å². The van der Waals surface area contributed by atoms with Crippen LogP contribution >= 0.6 is 0 Å². The minimum absolute atomic E-state index is 0.00363. The molecule has 0 aliphatic carbocycles. The van der Waals surface area contributed by atoms with Crippen LogP contribution in [0.4, 0.5) is 0 Å². The highest BCUT2D eigenvalue weighted by molar-refractivity contribution is 5.78. The van der Waals surface area contributed by atoms with Crippen molar-refractivity contribution in [3.8, 4) is 0 Å². The molecule has 48 heavy (non-hydrogen) atoms. The number of nitrogens with one attached hydrogen (secondary N) is 1. The summed E-state index contributed by atoms with van der Waals surface area (Å²) >= 11 is 0. The zero-order chi connectivity index (χ0) is 36.7. The summed E-state index contributed by atoms with van der Waals surface area (Å²) < 4.78 is 16.7. The van der Waals surface area contributed by atoms with Crippen molar-refractivity contribution in [3.05, 3.63) is 0 Å². The Balaban J connectivity index is 3.37. The van der Waals surface area contributed by atoms with E-state index in [9.17, 15) is 29.1 Å². The summed E-state index contributed by atoms with van der Waals surface area (Å²) in [5, 5.41) is 12.9. The van der Waals surface area contributed by atoms with Crippen molar-refractivity contribution in [1.82, 2.24) is 24.9 Å². The highest BCUT2D eigenvalue weighted by Crippen LogP contribution is 2.14. The molecule has 4 N–H and O–H groups in total. The van der Waals surface area contributed by atoms with Gasteiger partial charge in [-0.2, -0.15) is 0 Å². The first-order valence-corrected chi connectivity index (χ1v) is 16.8. The molecule has 1 saturated heterocycles. The van der Waals surface area contributed by atoms with E-state index < -0.39 is 46.7 Å². The van der Waals surface area contributed by atoms with Gasteiger partial charge in [-0.3, -0.25) is 43.6 Å². The summed E-state index contributed by atoms with van der Waals surface area (Å²) in [6.07, 6.45) is 0.0594. The van der Waals surface area contributed by atoms with E-state index in [1.165, 1.54) is 0 Å². The van der Waals surface area contributed by atoms with E-state index in [2.05, 4.69) is 5.32 Å². The van der Waals surface area contributed by atoms with E-state index in [-0.39, 0.29) is 58.0 Å². The highest BCUT2D eigenvalue weighted by Gasteiger charge is 2.30. The van der Waals surface area contributed by atoms with Crippen LogP contribution < -0.4 is 11.1 Å². The molecule has 15 nitrogen and oxygen atoms in total. The fraction of sp³-hybridized carbons (Fsp3) is 0.848. The molecule has 0 spiro atoms. The largest absolute Gasteiger partial charge is 0.480 e. The van der Waals surface area contributed by atoms with Gasteiger partial charge in [-0.15, -0.1) is 0 Å². The summed E-state index contributed by atoms with van der Waals surface area (Å²) in [6, 6.07) is -0.994. The Morgan fingerprint density at radius 1 is 0.646 bits per heavy atom. The first kappa shape index (κ1) is 43.2. The number of nitrogens with two attached hydrogens (primary N) is 1. The molecule has 1 aliphatic rings. The number of aliphatic carboxylic acids is 1. The van der Waals surface area contributed by atoms with Crippen molar-refractivity contribution < 1.29 is 43.3 Å². The smallest absolute Gasteiger partial charge is 0.320 e. The Morgan fingerprint density at radius 3 is 1.27 bits per heavy atom. The SMILES string of the molecule is CC(C)(C)OC(=O)CN1CCN(CC(=O)OC(C)(C)C)CCN(C(CCC(=O)NCCN)C(=O)O)CCN(CC(=O)OC(C)(C)C)CC1. The number of nitrogens with zero attached hydrogens (tertiary/aromatic N) is 4. The number of amides is 1. The molecule has 1 fully saturated rings. The molecule has 1 amide bonds. The second-order valence-electron chi connectivity index (χ2n) is 15.2. The average molecular weight is 687 g/mol. The molecule has 1 atom stereocenters. The van der Waals surface area contributed by atoms with Gasteiger partial charge in [0.05, 0.1) is 19.6 Å². The molecule has 1 heterocycles. The van der Waals surface area contributed by atoms with E-state index in [1.54, 1.807) is 67.2 Å². The summed E-state index contributed by atoms with van der Waals surface area (Å²) in [5.41, 5.74) is 3.45. The monoisotopic (exact) mass is 686 g/mol. The average Bonchev–Trinajstić information content (AvgIpc) is 2.89. The van der Waals surface area contributed by atoms with Crippen molar-refractivity contribution >= 4 is 29.8 Å². The van der Waals surface area contributed by atoms with E-state index in [1.807, 2.05) is 14.7 Å². The number of carboxylic acid groups (broad SMARTS) is 1. The Morgan fingerprint density at radius 2 is 0.979 bits per heavy atom. The predicted octanol–water partition coefficient (Wildman–Crippen LogP) is 0.541. The van der Waals surface area contributed by atoms with Crippen molar-refractivity contribution in [2.75, 3.05) is 85.1 Å². The highest BCUT2D eigenvalue weighted by atomic mass is 16.6. The topological polar surface area (TPSA) is 184 Å². The minimum Gasteiger partial charge on any atom is -0.480 e. The van der Waals surface area contributed by atoms with E-state index in [0.29, 0.717) is 45.8 Å². The lowest BCUT2D eigenvalue weighted by atomic mass is 10.1. The molecule has 0 saturated carbocycles. The number of ether oxygens (including phenoxy) is 3. The van der Waals surface area contributed by atoms with Crippen LogP contribution in [0, 0.1) is 0 Å². The first-order valence-electron chi connectivity index (χ1n) is 16.8. The Bertz CT molecular complexity index is 1010. The van der Waals surface area contributed by atoms with Gasteiger partial charge < -0.3 is 30.4 Å². The number of rotatable bonds is 13. The lowest BCUT2D eigenvalue weighted by Crippen LogP contribution is -2.52. The normalized spacial score (nSPS) is 17.8. The number of esters is 3. The number of carboxylic acids is 1. The van der Waals surface area contributed by atoms with Gasteiger partial charge >= 0.3 is 23.9 Å². The fourth-order valence-corrected chi connectivity index (χ4v) is 5.04. The second kappa shape index (κ2) is 20.0. The minimum atomic E-state index is -1.07. The third-order valence-corrected chi connectivity index (χ3v) is 7.03. The van der Waals surface area contributed by atoms with Crippen molar-refractivity contribution in [2.45, 2.75) is 98.0 Å². The fourth-order valence-electron chi connectivity index (χ4n) is 5.04. The van der Waals surface area contributed by atoms with Gasteiger partial charge in [0.25, 0.3) is 0 Å². The molecule has 0 radical (unpaired) electrons. The van der Waals surface area contributed by atoms with Crippen LogP contribution in [0.25, 0.3) is 0 Å². The Hall–Kier alpha value is -2.85. The standard InChI is InChI=1S/C33H62N6O9/c1-31(2,3)46-27(41)22-36-14-16-37(23-28(42)47-32(4,5)6)18-20-39(25(30(44)45)10-11-26(40)35-13-12-34)21-19-38(17-15-36)24-29(43)48-33(7,8)9/h25H,10-24,34H2,1-9H3,(H,35,40)(H,44,45). The number of hydrogen-bond donors (Lipinski definition) is 3. The predicted molar refractivity (Wildman–Crippen MR) is 181 cm³/mol. The molecule has 1 aliphatic heterocycles.